The molecule has 1 aliphatic rings. The van der Waals surface area contributed by atoms with E-state index in [0.717, 1.165) is 17.2 Å². The summed E-state index contributed by atoms with van der Waals surface area (Å²) in [5, 5.41) is 32.2. The lowest BCUT2D eigenvalue weighted by molar-refractivity contribution is -0.136. The summed E-state index contributed by atoms with van der Waals surface area (Å²) < 4.78 is 61.4. The minimum atomic E-state index is -5.50. The van der Waals surface area contributed by atoms with Crippen LogP contribution in [-0.2, 0) is 41.1 Å². The molecule has 3 rings (SSSR count). The van der Waals surface area contributed by atoms with Gasteiger partial charge >= 0.3 is 23.5 Å². The first-order valence-corrected chi connectivity index (χ1v) is 18.4. The van der Waals surface area contributed by atoms with Crippen LogP contribution >= 0.6 is 36.1 Å². The molecule has 2 aromatic rings. The fourth-order valence-electron chi connectivity index (χ4n) is 3.84. The van der Waals surface area contributed by atoms with Gasteiger partial charge in [-0.05, 0) is 12.7 Å². The Morgan fingerprint density at radius 2 is 1.78 bits per heavy atom. The van der Waals surface area contributed by atoms with Crippen molar-refractivity contribution in [1.29, 1.82) is 0 Å². The number of fused-ring (bicyclic) bond motifs is 1. The molecule has 1 aliphatic heterocycles. The summed E-state index contributed by atoms with van der Waals surface area (Å²) in [6, 6.07) is 0. The molecule has 2 aromatic heterocycles. The number of amides is 1. The number of phosphoric ester groups is 3. The number of nitrogen functional groups attached to an aromatic ring is 1. The minimum Gasteiger partial charge on any atom is -0.396 e. The summed E-state index contributed by atoms with van der Waals surface area (Å²) in [5.74, 6) is -0.905. The second kappa shape index (κ2) is 16.7. The third kappa shape index (κ3) is 11.2. The van der Waals surface area contributed by atoms with E-state index in [9.17, 15) is 48.3 Å². The molecule has 26 heteroatoms. The zero-order valence-electron chi connectivity index (χ0n) is 24.5. The van der Waals surface area contributed by atoms with Gasteiger partial charge in [0.15, 0.2) is 17.7 Å². The van der Waals surface area contributed by atoms with Gasteiger partial charge in [0.05, 0.1) is 19.5 Å². The number of carbonyl (C=O) groups is 1. The highest BCUT2D eigenvalue weighted by Crippen LogP contribution is 2.61. The molecule has 46 heavy (non-hydrogen) atoms. The molecule has 1 saturated heterocycles. The van der Waals surface area contributed by atoms with E-state index in [2.05, 4.69) is 46.3 Å². The average Bonchev–Trinajstić information content (AvgIpc) is 3.52. The van der Waals surface area contributed by atoms with Crippen molar-refractivity contribution < 1.29 is 76.0 Å². The van der Waals surface area contributed by atoms with Crippen LogP contribution in [0.3, 0.4) is 0 Å². The average molecular weight is 743 g/mol. The van der Waals surface area contributed by atoms with Gasteiger partial charge in [-0.1, -0.05) is 13.8 Å². The van der Waals surface area contributed by atoms with Crippen LogP contribution in [0.2, 0.25) is 0 Å². The molecule has 0 aromatic carbocycles. The van der Waals surface area contributed by atoms with Gasteiger partial charge in [0.1, 0.15) is 36.3 Å². The summed E-state index contributed by atoms with van der Waals surface area (Å²) in [5.41, 5.74) is 4.36. The third-order valence-electron chi connectivity index (χ3n) is 6.06. The standard InChI is InChI=1S/C19H33N6O16P3.CH4S/c1-19(2,14(28)17(29)21-4-3-5-26)7-38-44(35,36)41-43(33,34)37-6-10-13(40-42(30,31)32)12(27)18(39-10)25-9-24-11-15(20)22-8-23-16(11)25;1-2/h8-10,12-14,18,26-28H,3-7H2,1-2H3,(H,21,29)(H,33,34)(H,35,36)(H2,20,22,23)(H2,30,31,32);2H,1H3/t10-,12-,13-,14+,18-;/m1./s1. The number of carbonyl (C=O) groups excluding carboxylic acids is 1. The van der Waals surface area contributed by atoms with Gasteiger partial charge in [-0.15, -0.1) is 0 Å². The van der Waals surface area contributed by atoms with Crippen LogP contribution in [0.4, 0.5) is 5.82 Å². The third-order valence-corrected chi connectivity index (χ3v) is 9.16. The number of phosphoric acid groups is 3. The highest BCUT2D eigenvalue weighted by atomic mass is 32.1. The maximum Gasteiger partial charge on any atom is 0.481 e. The van der Waals surface area contributed by atoms with Gasteiger partial charge in [-0.3, -0.25) is 22.9 Å². The first-order valence-electron chi connectivity index (χ1n) is 12.9. The van der Waals surface area contributed by atoms with Gasteiger partial charge in [-0.2, -0.15) is 16.9 Å². The predicted octanol–water partition coefficient (Wildman–Crippen LogP) is -1.17. The molecule has 1 amide bonds. The van der Waals surface area contributed by atoms with E-state index < -0.39 is 78.6 Å². The van der Waals surface area contributed by atoms with Crippen molar-refractivity contribution in [2.75, 3.05) is 38.4 Å². The molecule has 264 valence electrons. The minimum absolute atomic E-state index is 0.0302. The van der Waals surface area contributed by atoms with Crippen LogP contribution in [0.5, 0.6) is 0 Å². The van der Waals surface area contributed by atoms with Crippen molar-refractivity contribution in [2.45, 2.75) is 50.9 Å². The van der Waals surface area contributed by atoms with Gasteiger partial charge in [0.25, 0.3) is 0 Å². The quantitative estimate of drug-likeness (QED) is 0.0550. The molecule has 10 N–H and O–H groups in total. The molecule has 0 aliphatic carbocycles. The Balaban J connectivity index is 0.00000361. The van der Waals surface area contributed by atoms with E-state index in [1.54, 1.807) is 6.26 Å². The summed E-state index contributed by atoms with van der Waals surface area (Å²) >= 11 is 3.53. The highest BCUT2D eigenvalue weighted by molar-refractivity contribution is 7.79. The monoisotopic (exact) mass is 742 g/mol. The maximum atomic E-state index is 12.5. The molecule has 22 nitrogen and oxygen atoms in total. The SMILES string of the molecule is CC(C)(COP(=O)(O)OP(=O)(O)OC[C@H]1O[C@@H](n2cnc3c(N)ncnc32)[C@H](O)[C@@H]1OP(=O)(O)O)[C@@H](O)C(=O)NCCCO.CS. The zero-order valence-corrected chi connectivity index (χ0v) is 28.1. The lowest BCUT2D eigenvalue weighted by Crippen LogP contribution is -2.46. The van der Waals surface area contributed by atoms with Gasteiger partial charge in [-0.25, -0.2) is 28.6 Å². The second-order valence-corrected chi connectivity index (χ2v) is 14.3. The topological polar surface area (TPSA) is 338 Å². The summed E-state index contributed by atoms with van der Waals surface area (Å²) in [6.07, 6.45) is -4.60. The molecule has 1 fully saturated rings. The molecular weight excluding hydrogens is 705 g/mol. The molecule has 0 spiro atoms. The number of aliphatic hydroxyl groups is 3. The van der Waals surface area contributed by atoms with Gasteiger partial charge < -0.3 is 50.7 Å². The van der Waals surface area contributed by atoms with Crippen LogP contribution in [0.1, 0.15) is 26.5 Å². The number of nitrogens with zero attached hydrogens (tertiary/aromatic N) is 4. The first kappa shape index (κ1) is 40.6. The molecule has 7 atom stereocenters. The second-order valence-electron chi connectivity index (χ2n) is 10.0. The largest absolute Gasteiger partial charge is 0.481 e. The van der Waals surface area contributed by atoms with Crippen LogP contribution < -0.4 is 11.1 Å². The Bertz CT molecular complexity index is 1460. The lowest BCUT2D eigenvalue weighted by Gasteiger charge is -2.30. The van der Waals surface area contributed by atoms with E-state index in [4.69, 9.17) is 20.1 Å². The molecular formula is C20H37N6O16P3S. The van der Waals surface area contributed by atoms with Crippen molar-refractivity contribution >= 4 is 59.0 Å². The number of hydrogen-bond acceptors (Lipinski definition) is 17. The Morgan fingerprint density at radius 1 is 1.15 bits per heavy atom. The lowest BCUT2D eigenvalue weighted by atomic mass is 9.87. The Morgan fingerprint density at radius 3 is 2.39 bits per heavy atom. The van der Waals surface area contributed by atoms with Crippen LogP contribution in [-0.4, -0.2) is 117 Å². The molecule has 3 heterocycles. The first-order chi connectivity index (χ1) is 21.3. The number of imidazole rings is 1. The van der Waals surface area contributed by atoms with Crippen LogP contribution in [0.25, 0.3) is 11.2 Å². The number of anilines is 1. The van der Waals surface area contributed by atoms with Crippen molar-refractivity contribution in [3.8, 4) is 0 Å². The summed E-state index contributed by atoms with van der Waals surface area (Å²) in [6.45, 7) is 0.467. The number of thiol groups is 1. The number of aliphatic hydroxyl groups excluding tert-OH is 3. The van der Waals surface area contributed by atoms with Crippen molar-refractivity contribution in [3.05, 3.63) is 12.7 Å². The number of nitrogens with one attached hydrogen (secondary N) is 1. The highest BCUT2D eigenvalue weighted by Gasteiger charge is 2.50. The number of nitrogens with two attached hydrogens (primary N) is 1. The van der Waals surface area contributed by atoms with E-state index >= 15 is 0 Å². The van der Waals surface area contributed by atoms with E-state index in [1.165, 1.54) is 13.8 Å². The number of ether oxygens (including phenoxy) is 1. The predicted molar refractivity (Wildman–Crippen MR) is 159 cm³/mol. The van der Waals surface area contributed by atoms with E-state index in [-0.39, 0.29) is 36.6 Å². The Hall–Kier alpha value is -1.62. The number of hydrogen-bond donors (Lipinski definition) is 10. The molecule has 2 unspecified atom stereocenters. The Labute approximate surface area is 267 Å². The fourth-order valence-corrected chi connectivity index (χ4v) is 6.67. The normalized spacial score (nSPS) is 23.6. The van der Waals surface area contributed by atoms with Crippen LogP contribution in [0, 0.1) is 5.41 Å². The van der Waals surface area contributed by atoms with Crippen molar-refractivity contribution in [2.24, 2.45) is 5.41 Å². The smallest absolute Gasteiger partial charge is 0.396 e. The molecule has 0 bridgehead atoms. The van der Waals surface area contributed by atoms with Gasteiger partial charge in [0.2, 0.25) is 5.91 Å². The fraction of sp³-hybridized carbons (Fsp3) is 0.700. The number of rotatable bonds is 16. The Kier molecular flexibility index (Phi) is 14.7. The number of aromatic nitrogens is 4. The summed E-state index contributed by atoms with van der Waals surface area (Å²) in [4.78, 5) is 62.5. The van der Waals surface area contributed by atoms with Gasteiger partial charge in [0, 0.05) is 18.6 Å². The van der Waals surface area contributed by atoms with Crippen molar-refractivity contribution in [1.82, 2.24) is 24.8 Å². The van der Waals surface area contributed by atoms with E-state index in [0.29, 0.717) is 0 Å². The van der Waals surface area contributed by atoms with E-state index in [1.807, 2.05) is 0 Å². The summed E-state index contributed by atoms with van der Waals surface area (Å²) in [7, 11) is -16.2. The van der Waals surface area contributed by atoms with Crippen LogP contribution in [0.15, 0.2) is 12.7 Å². The molecule has 0 saturated carbocycles. The zero-order chi connectivity index (χ0) is 35.1. The maximum absolute atomic E-state index is 12.5. The molecule has 0 radical (unpaired) electrons. The van der Waals surface area contributed by atoms with Crippen molar-refractivity contribution in [3.63, 3.8) is 0 Å².